The largest absolute Gasteiger partial charge is 0.354 e. The van der Waals surface area contributed by atoms with E-state index in [0.717, 1.165) is 17.3 Å². The van der Waals surface area contributed by atoms with Crippen LogP contribution in [0, 0.1) is 0 Å². The van der Waals surface area contributed by atoms with Crippen molar-refractivity contribution in [3.63, 3.8) is 0 Å². The molecular weight excluding hydrogens is 278 g/mol. The minimum atomic E-state index is -0.460. The van der Waals surface area contributed by atoms with Crippen molar-refractivity contribution in [2.75, 3.05) is 6.54 Å². The fourth-order valence-electron chi connectivity index (χ4n) is 2.39. The highest BCUT2D eigenvalue weighted by molar-refractivity contribution is 6.35. The number of carbonyl (C=O) groups excluding carboxylic acids is 2. The molecule has 1 aliphatic rings. The van der Waals surface area contributed by atoms with E-state index in [-0.39, 0.29) is 11.8 Å². The molecule has 0 saturated carbocycles. The fraction of sp³-hybridized carbons (Fsp3) is 0.286. The molecule has 20 heavy (non-hydrogen) atoms. The molecule has 1 aromatic heterocycles. The fourth-order valence-corrected chi connectivity index (χ4v) is 2.62. The molecule has 0 aliphatic carbocycles. The summed E-state index contributed by atoms with van der Waals surface area (Å²) in [7, 11) is 0. The maximum atomic E-state index is 12.2. The van der Waals surface area contributed by atoms with E-state index in [4.69, 9.17) is 11.6 Å². The molecule has 0 unspecified atom stereocenters. The molecule has 2 amide bonds. The maximum Gasteiger partial charge on any atom is 0.268 e. The van der Waals surface area contributed by atoms with Crippen LogP contribution in [0.3, 0.4) is 0 Å². The second kappa shape index (κ2) is 5.17. The minimum Gasteiger partial charge on any atom is -0.354 e. The second-order valence-corrected chi connectivity index (χ2v) is 5.25. The first-order chi connectivity index (χ1) is 9.65. The topological polar surface area (TPSA) is 74.0 Å². The molecule has 1 atom stereocenters. The van der Waals surface area contributed by atoms with Gasteiger partial charge in [0.1, 0.15) is 11.7 Å². The molecule has 6 heteroatoms. The Morgan fingerprint density at radius 1 is 1.40 bits per heavy atom. The van der Waals surface area contributed by atoms with Gasteiger partial charge in [0.05, 0.1) is 0 Å². The molecule has 3 N–H and O–H groups in total. The summed E-state index contributed by atoms with van der Waals surface area (Å²) in [6.07, 6.45) is 1.54. The minimum absolute atomic E-state index is 0.126. The van der Waals surface area contributed by atoms with E-state index >= 15 is 0 Å². The van der Waals surface area contributed by atoms with Crippen molar-refractivity contribution in [2.24, 2.45) is 0 Å². The predicted octanol–water partition coefficient (Wildman–Crippen LogP) is 1.83. The normalized spacial score (nSPS) is 18.9. The zero-order valence-corrected chi connectivity index (χ0v) is 11.5. The summed E-state index contributed by atoms with van der Waals surface area (Å²) >= 11 is 6.07. The third-order valence-corrected chi connectivity index (χ3v) is 3.78. The summed E-state index contributed by atoms with van der Waals surface area (Å²) in [5.41, 5.74) is 1.21. The highest BCUT2D eigenvalue weighted by Crippen LogP contribution is 2.24. The van der Waals surface area contributed by atoms with Crippen LogP contribution in [0.1, 0.15) is 23.3 Å². The van der Waals surface area contributed by atoms with Crippen molar-refractivity contribution in [1.82, 2.24) is 15.6 Å². The van der Waals surface area contributed by atoms with Gasteiger partial charge in [-0.05, 0) is 31.0 Å². The quantitative estimate of drug-likeness (QED) is 0.790. The average Bonchev–Trinajstić information content (AvgIpc) is 2.87. The van der Waals surface area contributed by atoms with E-state index < -0.39 is 6.04 Å². The number of hydrogen-bond donors (Lipinski definition) is 3. The van der Waals surface area contributed by atoms with Gasteiger partial charge in [0.2, 0.25) is 5.91 Å². The van der Waals surface area contributed by atoms with Crippen molar-refractivity contribution in [1.29, 1.82) is 0 Å². The first-order valence-corrected chi connectivity index (χ1v) is 6.89. The summed E-state index contributed by atoms with van der Waals surface area (Å²) in [4.78, 5) is 26.8. The van der Waals surface area contributed by atoms with Crippen LogP contribution < -0.4 is 10.6 Å². The van der Waals surface area contributed by atoms with Crippen LogP contribution in [0.25, 0.3) is 10.9 Å². The molecule has 1 aliphatic heterocycles. The Bertz CT molecular complexity index is 680. The summed E-state index contributed by atoms with van der Waals surface area (Å²) in [5.74, 6) is -0.418. The first-order valence-electron chi connectivity index (χ1n) is 6.51. The number of nitrogens with one attached hydrogen (secondary N) is 3. The molecule has 2 heterocycles. The van der Waals surface area contributed by atoms with Gasteiger partial charge in [0, 0.05) is 22.5 Å². The lowest BCUT2D eigenvalue weighted by Crippen LogP contribution is -2.50. The van der Waals surface area contributed by atoms with Crippen LogP contribution in [0.4, 0.5) is 0 Å². The van der Waals surface area contributed by atoms with Gasteiger partial charge in [0.15, 0.2) is 0 Å². The molecule has 1 aromatic carbocycles. The van der Waals surface area contributed by atoms with Crippen LogP contribution in [0.5, 0.6) is 0 Å². The van der Waals surface area contributed by atoms with Crippen LogP contribution in [-0.4, -0.2) is 29.4 Å². The molecule has 1 fully saturated rings. The first kappa shape index (κ1) is 13.0. The smallest absolute Gasteiger partial charge is 0.268 e. The highest BCUT2D eigenvalue weighted by atomic mass is 35.5. The summed E-state index contributed by atoms with van der Waals surface area (Å²) < 4.78 is 0. The van der Waals surface area contributed by atoms with Crippen LogP contribution in [0.15, 0.2) is 24.3 Å². The number of fused-ring (bicyclic) bond motifs is 1. The van der Waals surface area contributed by atoms with E-state index in [1.54, 1.807) is 12.1 Å². The Labute approximate surface area is 120 Å². The Morgan fingerprint density at radius 3 is 3.00 bits per heavy atom. The van der Waals surface area contributed by atoms with E-state index in [1.807, 2.05) is 12.1 Å². The van der Waals surface area contributed by atoms with Crippen molar-refractivity contribution in [3.05, 3.63) is 35.0 Å². The lowest BCUT2D eigenvalue weighted by atomic mass is 10.1. The molecule has 0 spiro atoms. The number of aromatic amines is 1. The highest BCUT2D eigenvalue weighted by Gasteiger charge is 2.24. The van der Waals surface area contributed by atoms with Crippen LogP contribution in [0.2, 0.25) is 5.02 Å². The number of benzene rings is 1. The zero-order valence-electron chi connectivity index (χ0n) is 10.7. The van der Waals surface area contributed by atoms with Crippen molar-refractivity contribution < 1.29 is 9.59 Å². The van der Waals surface area contributed by atoms with Gasteiger partial charge in [-0.2, -0.15) is 0 Å². The van der Waals surface area contributed by atoms with Gasteiger partial charge in [-0.15, -0.1) is 0 Å². The average molecular weight is 292 g/mol. The number of aromatic nitrogens is 1. The van der Waals surface area contributed by atoms with Gasteiger partial charge in [0.25, 0.3) is 5.91 Å². The third kappa shape index (κ3) is 2.36. The van der Waals surface area contributed by atoms with Crippen LogP contribution >= 0.6 is 11.6 Å². The zero-order chi connectivity index (χ0) is 14.1. The van der Waals surface area contributed by atoms with Crippen molar-refractivity contribution in [2.45, 2.75) is 18.9 Å². The lowest BCUT2D eigenvalue weighted by Gasteiger charge is -2.22. The predicted molar refractivity (Wildman–Crippen MR) is 76.8 cm³/mol. The molecule has 104 valence electrons. The van der Waals surface area contributed by atoms with E-state index in [0.29, 0.717) is 23.7 Å². The monoisotopic (exact) mass is 291 g/mol. The Morgan fingerprint density at radius 2 is 2.25 bits per heavy atom. The van der Waals surface area contributed by atoms with E-state index in [2.05, 4.69) is 15.6 Å². The number of hydrogen-bond acceptors (Lipinski definition) is 2. The SMILES string of the molecule is O=C(N[C@@H]1CCCNC1=O)c1cc2c(Cl)cccc2[nH]1. The summed E-state index contributed by atoms with van der Waals surface area (Å²) in [6, 6.07) is 6.68. The van der Waals surface area contributed by atoms with Gasteiger partial charge < -0.3 is 15.6 Å². The number of carbonyl (C=O) groups is 2. The van der Waals surface area contributed by atoms with Crippen LogP contribution in [-0.2, 0) is 4.79 Å². The number of halogens is 1. The summed E-state index contributed by atoms with van der Waals surface area (Å²) in [6.45, 7) is 0.674. The Balaban J connectivity index is 1.82. The molecule has 0 radical (unpaired) electrons. The molecule has 3 rings (SSSR count). The van der Waals surface area contributed by atoms with E-state index in [9.17, 15) is 9.59 Å². The van der Waals surface area contributed by atoms with Gasteiger partial charge in [-0.1, -0.05) is 17.7 Å². The second-order valence-electron chi connectivity index (χ2n) is 4.84. The molecular formula is C14H14ClN3O2. The molecule has 0 bridgehead atoms. The molecule has 2 aromatic rings. The lowest BCUT2D eigenvalue weighted by molar-refractivity contribution is -0.124. The molecule has 5 nitrogen and oxygen atoms in total. The number of rotatable bonds is 2. The Kier molecular flexibility index (Phi) is 3.36. The number of amides is 2. The number of piperidine rings is 1. The van der Waals surface area contributed by atoms with Gasteiger partial charge in [-0.25, -0.2) is 0 Å². The maximum absolute atomic E-state index is 12.2. The summed E-state index contributed by atoms with van der Waals surface area (Å²) in [5, 5.41) is 6.87. The van der Waals surface area contributed by atoms with Gasteiger partial charge >= 0.3 is 0 Å². The van der Waals surface area contributed by atoms with E-state index in [1.165, 1.54) is 0 Å². The number of H-pyrrole nitrogens is 1. The Hall–Kier alpha value is -2.01. The van der Waals surface area contributed by atoms with Crippen molar-refractivity contribution >= 4 is 34.3 Å². The molecule has 1 saturated heterocycles. The van der Waals surface area contributed by atoms with Gasteiger partial charge in [-0.3, -0.25) is 9.59 Å². The standard InChI is InChI=1S/C14H14ClN3O2/c15-9-3-1-4-10-8(9)7-12(17-10)14(20)18-11-5-2-6-16-13(11)19/h1,3-4,7,11,17H,2,5-6H2,(H,16,19)(H,18,20)/t11-/m1/s1. The van der Waals surface area contributed by atoms with Crippen molar-refractivity contribution in [3.8, 4) is 0 Å². The third-order valence-electron chi connectivity index (χ3n) is 3.45.